The van der Waals surface area contributed by atoms with E-state index in [0.717, 1.165) is 30.9 Å². The van der Waals surface area contributed by atoms with Gasteiger partial charge in [0.25, 0.3) is 0 Å². The van der Waals surface area contributed by atoms with E-state index in [4.69, 9.17) is 0 Å². The molecule has 18 heavy (non-hydrogen) atoms. The maximum absolute atomic E-state index is 4.38. The minimum atomic E-state index is 0.734. The molecule has 0 spiro atoms. The Labute approximate surface area is 110 Å². The molecule has 4 heteroatoms. The molecule has 0 amide bonds. The van der Waals surface area contributed by atoms with Crippen LogP contribution in [0.3, 0.4) is 0 Å². The van der Waals surface area contributed by atoms with E-state index in [2.05, 4.69) is 33.9 Å². The minimum Gasteiger partial charge on any atom is -0.307 e. The van der Waals surface area contributed by atoms with Gasteiger partial charge in [-0.2, -0.15) is 5.10 Å². The largest absolute Gasteiger partial charge is 0.307 e. The lowest BCUT2D eigenvalue weighted by molar-refractivity contribution is 0.362. The van der Waals surface area contributed by atoms with E-state index in [9.17, 15) is 0 Å². The second kappa shape index (κ2) is 6.88. The van der Waals surface area contributed by atoms with Crippen LogP contribution in [0.2, 0.25) is 0 Å². The van der Waals surface area contributed by atoms with Crippen LogP contribution in [0.5, 0.6) is 0 Å². The molecule has 0 bridgehead atoms. The molecular weight excluding hydrogens is 224 g/mol. The second-order valence-electron chi connectivity index (χ2n) is 5.43. The van der Waals surface area contributed by atoms with Crippen molar-refractivity contribution in [3.8, 4) is 0 Å². The number of nitrogens with one attached hydrogen (secondary N) is 1. The molecule has 1 atom stereocenters. The highest BCUT2D eigenvalue weighted by Crippen LogP contribution is 2.19. The van der Waals surface area contributed by atoms with Gasteiger partial charge in [-0.05, 0) is 25.2 Å². The van der Waals surface area contributed by atoms with Gasteiger partial charge in [0.15, 0.2) is 0 Å². The van der Waals surface area contributed by atoms with Crippen LogP contribution in [0.1, 0.15) is 58.2 Å². The molecule has 1 N–H and O–H groups in total. The van der Waals surface area contributed by atoms with Crippen molar-refractivity contribution in [2.24, 2.45) is 5.92 Å². The molecule has 1 heterocycles. The lowest BCUT2D eigenvalue weighted by Gasteiger charge is -2.15. The minimum absolute atomic E-state index is 0.734. The van der Waals surface area contributed by atoms with Gasteiger partial charge in [-0.25, -0.2) is 9.67 Å². The zero-order valence-corrected chi connectivity index (χ0v) is 11.7. The lowest BCUT2D eigenvalue weighted by atomic mass is 9.99. The summed E-state index contributed by atoms with van der Waals surface area (Å²) >= 11 is 0. The molecule has 1 aliphatic rings. The molecule has 0 saturated heterocycles. The predicted molar refractivity (Wildman–Crippen MR) is 73.2 cm³/mol. The highest BCUT2D eigenvalue weighted by Gasteiger charge is 2.21. The number of rotatable bonds is 9. The van der Waals surface area contributed by atoms with Crippen molar-refractivity contribution in [3.63, 3.8) is 0 Å². The number of hydrogen-bond acceptors (Lipinski definition) is 3. The van der Waals surface area contributed by atoms with Gasteiger partial charge in [0.05, 0.1) is 6.54 Å². The van der Waals surface area contributed by atoms with Crippen molar-refractivity contribution in [2.45, 2.75) is 71.5 Å². The van der Waals surface area contributed by atoms with Crippen LogP contribution in [0, 0.1) is 5.92 Å². The van der Waals surface area contributed by atoms with Crippen molar-refractivity contribution in [2.75, 3.05) is 0 Å². The monoisotopic (exact) mass is 250 g/mol. The Morgan fingerprint density at radius 2 is 2.28 bits per heavy atom. The fraction of sp³-hybridized carbons (Fsp3) is 0.857. The average Bonchev–Trinajstić information content (AvgIpc) is 3.12. The van der Waals surface area contributed by atoms with Gasteiger partial charge in [-0.3, -0.25) is 0 Å². The first-order valence-electron chi connectivity index (χ1n) is 7.43. The molecule has 1 aromatic heterocycles. The average molecular weight is 250 g/mol. The maximum atomic E-state index is 4.38. The fourth-order valence-electron chi connectivity index (χ4n) is 2.26. The summed E-state index contributed by atoms with van der Waals surface area (Å²) in [6.07, 6.45) is 9.48. The molecule has 0 aromatic carbocycles. The van der Waals surface area contributed by atoms with E-state index in [1.54, 1.807) is 6.33 Å². The van der Waals surface area contributed by atoms with Gasteiger partial charge in [0.2, 0.25) is 0 Å². The predicted octanol–water partition coefficient (Wildman–Crippen LogP) is 2.75. The van der Waals surface area contributed by atoms with Crippen LogP contribution in [-0.4, -0.2) is 20.8 Å². The van der Waals surface area contributed by atoms with E-state index in [1.807, 2.05) is 0 Å². The summed E-state index contributed by atoms with van der Waals surface area (Å²) in [6.45, 7) is 6.43. The van der Waals surface area contributed by atoms with Crippen molar-refractivity contribution < 1.29 is 0 Å². The highest BCUT2D eigenvalue weighted by atomic mass is 15.3. The quantitative estimate of drug-likeness (QED) is 0.733. The summed E-state index contributed by atoms with van der Waals surface area (Å²) in [4.78, 5) is 4.37. The van der Waals surface area contributed by atoms with Gasteiger partial charge < -0.3 is 5.32 Å². The van der Waals surface area contributed by atoms with Crippen molar-refractivity contribution in [1.29, 1.82) is 0 Å². The third-order valence-corrected chi connectivity index (χ3v) is 3.80. The molecule has 102 valence electrons. The van der Waals surface area contributed by atoms with Crippen LogP contribution in [-0.2, 0) is 13.1 Å². The Morgan fingerprint density at radius 3 is 2.94 bits per heavy atom. The Hall–Kier alpha value is -0.900. The molecule has 1 aromatic rings. The van der Waals surface area contributed by atoms with Gasteiger partial charge in [-0.1, -0.05) is 33.1 Å². The molecule has 4 nitrogen and oxygen atoms in total. The Morgan fingerprint density at radius 1 is 1.44 bits per heavy atom. The molecular formula is C14H26N4. The third kappa shape index (κ3) is 4.09. The van der Waals surface area contributed by atoms with Crippen LogP contribution < -0.4 is 5.32 Å². The number of unbranched alkanes of at least 4 members (excludes halogenated alkanes) is 1. The van der Waals surface area contributed by atoms with E-state index in [1.165, 1.54) is 38.5 Å². The first kappa shape index (κ1) is 13.5. The van der Waals surface area contributed by atoms with Gasteiger partial charge in [0, 0.05) is 12.6 Å². The van der Waals surface area contributed by atoms with Crippen LogP contribution in [0.25, 0.3) is 0 Å². The molecule has 1 aliphatic carbocycles. The SMILES string of the molecule is CCCCC(CC)Cn1ncnc1CNC1CC1. The topological polar surface area (TPSA) is 42.7 Å². The lowest BCUT2D eigenvalue weighted by Crippen LogP contribution is -2.21. The van der Waals surface area contributed by atoms with Crippen LogP contribution in [0.4, 0.5) is 0 Å². The summed E-state index contributed by atoms with van der Waals surface area (Å²) in [5.41, 5.74) is 0. The number of hydrogen-bond donors (Lipinski definition) is 1. The zero-order valence-electron chi connectivity index (χ0n) is 11.7. The van der Waals surface area contributed by atoms with Crippen molar-refractivity contribution >= 4 is 0 Å². The zero-order chi connectivity index (χ0) is 12.8. The summed E-state index contributed by atoms with van der Waals surface area (Å²) < 4.78 is 2.10. The summed E-state index contributed by atoms with van der Waals surface area (Å²) in [5.74, 6) is 1.84. The maximum Gasteiger partial charge on any atom is 0.140 e. The summed E-state index contributed by atoms with van der Waals surface area (Å²) in [5, 5.41) is 7.89. The third-order valence-electron chi connectivity index (χ3n) is 3.80. The first-order valence-corrected chi connectivity index (χ1v) is 7.43. The molecule has 0 radical (unpaired) electrons. The van der Waals surface area contributed by atoms with Crippen LogP contribution >= 0.6 is 0 Å². The normalized spacial score (nSPS) is 17.0. The number of nitrogens with zero attached hydrogens (tertiary/aromatic N) is 3. The van der Waals surface area contributed by atoms with E-state index in [0.29, 0.717) is 0 Å². The molecule has 2 rings (SSSR count). The fourth-order valence-corrected chi connectivity index (χ4v) is 2.26. The standard InChI is InChI=1S/C14H26N4/c1-3-5-6-12(4-2)10-18-14(16-11-17-18)9-15-13-7-8-13/h11-13,15H,3-10H2,1-2H3. The Kier molecular flexibility index (Phi) is 5.17. The summed E-state index contributed by atoms with van der Waals surface area (Å²) in [6, 6.07) is 0.734. The van der Waals surface area contributed by atoms with Gasteiger partial charge in [0.1, 0.15) is 12.2 Å². The van der Waals surface area contributed by atoms with Crippen molar-refractivity contribution in [3.05, 3.63) is 12.2 Å². The first-order chi connectivity index (χ1) is 8.83. The van der Waals surface area contributed by atoms with Gasteiger partial charge in [-0.15, -0.1) is 0 Å². The summed E-state index contributed by atoms with van der Waals surface area (Å²) in [7, 11) is 0. The molecule has 1 saturated carbocycles. The van der Waals surface area contributed by atoms with E-state index in [-0.39, 0.29) is 0 Å². The van der Waals surface area contributed by atoms with E-state index < -0.39 is 0 Å². The molecule has 0 aliphatic heterocycles. The molecule has 1 fully saturated rings. The van der Waals surface area contributed by atoms with Crippen LogP contribution in [0.15, 0.2) is 6.33 Å². The van der Waals surface area contributed by atoms with E-state index >= 15 is 0 Å². The smallest absolute Gasteiger partial charge is 0.140 e. The molecule has 1 unspecified atom stereocenters. The van der Waals surface area contributed by atoms with Gasteiger partial charge >= 0.3 is 0 Å². The van der Waals surface area contributed by atoms with Crippen molar-refractivity contribution in [1.82, 2.24) is 20.1 Å². The Balaban J connectivity index is 1.84. The highest BCUT2D eigenvalue weighted by molar-refractivity contribution is 4.89. The Bertz CT molecular complexity index is 343. The number of aromatic nitrogens is 3. The second-order valence-corrected chi connectivity index (χ2v) is 5.43.